The summed E-state index contributed by atoms with van der Waals surface area (Å²) in [7, 11) is 0. The minimum absolute atomic E-state index is 0.0657. The molecule has 100 valence electrons. The number of anilines is 1. The molecule has 1 atom stereocenters. The first kappa shape index (κ1) is 14.1. The smallest absolute Gasteiger partial charge is 0.275 e. The van der Waals surface area contributed by atoms with Crippen molar-refractivity contribution in [1.29, 1.82) is 0 Å². The average Bonchev–Trinajstić information content (AvgIpc) is 2.83. The largest absolute Gasteiger partial charge is 0.322 e. The van der Waals surface area contributed by atoms with Crippen molar-refractivity contribution >= 4 is 46.1 Å². The first-order chi connectivity index (χ1) is 8.99. The maximum atomic E-state index is 12.0. The first-order valence-electron chi connectivity index (χ1n) is 5.17. The topological polar surface area (TPSA) is 93.8 Å². The summed E-state index contributed by atoms with van der Waals surface area (Å²) in [5, 5.41) is 4.94. The summed E-state index contributed by atoms with van der Waals surface area (Å²) in [5.41, 5.74) is 6.08. The number of hydrogen-bond acceptors (Lipinski definition) is 6. The molecule has 0 saturated heterocycles. The summed E-state index contributed by atoms with van der Waals surface area (Å²) in [5.74, 6) is -0.443. The second-order valence-electron chi connectivity index (χ2n) is 3.64. The van der Waals surface area contributed by atoms with Crippen LogP contribution in [0, 0.1) is 0 Å². The van der Waals surface area contributed by atoms with E-state index in [1.54, 1.807) is 12.3 Å². The Morgan fingerprint density at radius 2 is 2.05 bits per heavy atom. The predicted octanol–water partition coefficient (Wildman–Crippen LogP) is 2.51. The third-order valence-corrected chi connectivity index (χ3v) is 3.76. The average molecular weight is 318 g/mol. The number of hydrogen-bond donors (Lipinski definition) is 2. The second-order valence-corrected chi connectivity index (χ2v) is 5.25. The highest BCUT2D eigenvalue weighted by molar-refractivity contribution is 7.09. The van der Waals surface area contributed by atoms with E-state index in [0.717, 1.165) is 0 Å². The molecule has 1 unspecified atom stereocenters. The van der Waals surface area contributed by atoms with Crippen LogP contribution in [0.2, 0.25) is 10.3 Å². The summed E-state index contributed by atoms with van der Waals surface area (Å²) in [6.45, 7) is 1.79. The Morgan fingerprint density at radius 1 is 1.42 bits per heavy atom. The number of nitrogens with one attached hydrogen (secondary N) is 1. The fourth-order valence-corrected chi connectivity index (χ4v) is 2.39. The van der Waals surface area contributed by atoms with Crippen LogP contribution in [0.15, 0.2) is 11.7 Å². The Labute approximate surface area is 123 Å². The van der Waals surface area contributed by atoms with E-state index < -0.39 is 5.91 Å². The standard InChI is InChI=1S/C10H9Cl2N5OS/c1-4(13)10-16-5(2-19-10)9(18)17-6-7(11)14-3-15-8(6)12/h2-4H,13H2,1H3,(H,17,18). The lowest BCUT2D eigenvalue weighted by Crippen LogP contribution is -2.14. The van der Waals surface area contributed by atoms with Gasteiger partial charge in [-0.2, -0.15) is 0 Å². The molecule has 19 heavy (non-hydrogen) atoms. The molecule has 2 aromatic rings. The molecule has 0 radical (unpaired) electrons. The highest BCUT2D eigenvalue weighted by Gasteiger charge is 2.16. The van der Waals surface area contributed by atoms with Crippen molar-refractivity contribution in [2.45, 2.75) is 13.0 Å². The van der Waals surface area contributed by atoms with E-state index in [2.05, 4.69) is 20.3 Å². The van der Waals surface area contributed by atoms with Gasteiger partial charge >= 0.3 is 0 Å². The Balaban J connectivity index is 2.21. The lowest BCUT2D eigenvalue weighted by molar-refractivity contribution is 0.102. The fourth-order valence-electron chi connectivity index (χ4n) is 1.23. The summed E-state index contributed by atoms with van der Waals surface area (Å²) >= 11 is 13.0. The van der Waals surface area contributed by atoms with Gasteiger partial charge in [-0.15, -0.1) is 11.3 Å². The van der Waals surface area contributed by atoms with E-state index in [1.807, 2.05) is 0 Å². The molecule has 3 N–H and O–H groups in total. The van der Waals surface area contributed by atoms with Gasteiger partial charge in [0.15, 0.2) is 10.3 Å². The number of nitrogens with two attached hydrogens (primary N) is 1. The number of carbonyl (C=O) groups is 1. The quantitative estimate of drug-likeness (QED) is 0.848. The van der Waals surface area contributed by atoms with Crippen molar-refractivity contribution in [1.82, 2.24) is 15.0 Å². The van der Waals surface area contributed by atoms with Crippen LogP contribution in [0.25, 0.3) is 0 Å². The molecule has 2 aromatic heterocycles. The number of rotatable bonds is 3. The summed E-state index contributed by atoms with van der Waals surface area (Å²) < 4.78 is 0. The molecule has 0 aliphatic rings. The van der Waals surface area contributed by atoms with E-state index in [9.17, 15) is 4.79 Å². The van der Waals surface area contributed by atoms with Gasteiger partial charge in [0.1, 0.15) is 22.7 Å². The zero-order valence-electron chi connectivity index (χ0n) is 9.72. The van der Waals surface area contributed by atoms with Crippen LogP contribution < -0.4 is 11.1 Å². The van der Waals surface area contributed by atoms with Crippen LogP contribution in [-0.4, -0.2) is 20.9 Å². The zero-order chi connectivity index (χ0) is 14.0. The van der Waals surface area contributed by atoms with Gasteiger partial charge in [-0.1, -0.05) is 23.2 Å². The van der Waals surface area contributed by atoms with Crippen LogP contribution in [0.4, 0.5) is 5.69 Å². The van der Waals surface area contributed by atoms with E-state index in [0.29, 0.717) is 5.01 Å². The monoisotopic (exact) mass is 317 g/mol. The number of nitrogens with zero attached hydrogens (tertiary/aromatic N) is 3. The minimum Gasteiger partial charge on any atom is -0.322 e. The molecule has 0 fully saturated rings. The van der Waals surface area contributed by atoms with Crippen LogP contribution in [0.3, 0.4) is 0 Å². The molecule has 0 aliphatic heterocycles. The summed E-state index contributed by atoms with van der Waals surface area (Å²) in [6, 6.07) is -0.223. The van der Waals surface area contributed by atoms with E-state index in [-0.39, 0.29) is 27.7 Å². The second kappa shape index (κ2) is 5.79. The third-order valence-electron chi connectivity index (χ3n) is 2.14. The highest BCUT2D eigenvalue weighted by atomic mass is 35.5. The van der Waals surface area contributed by atoms with Gasteiger partial charge in [-0.05, 0) is 6.92 Å². The first-order valence-corrected chi connectivity index (χ1v) is 6.81. The molecular weight excluding hydrogens is 309 g/mol. The molecule has 6 nitrogen and oxygen atoms in total. The summed E-state index contributed by atoms with van der Waals surface area (Å²) in [4.78, 5) is 23.6. The Bertz CT molecular complexity index is 595. The van der Waals surface area contributed by atoms with Crippen molar-refractivity contribution < 1.29 is 4.79 Å². The van der Waals surface area contributed by atoms with Crippen molar-refractivity contribution in [3.63, 3.8) is 0 Å². The van der Waals surface area contributed by atoms with Crippen LogP contribution in [-0.2, 0) is 0 Å². The Hall–Kier alpha value is -1.28. The molecule has 0 aliphatic carbocycles. The van der Waals surface area contributed by atoms with Gasteiger partial charge in [0.05, 0.1) is 6.04 Å². The van der Waals surface area contributed by atoms with E-state index in [1.165, 1.54) is 17.7 Å². The molecule has 0 bridgehead atoms. The molecule has 1 amide bonds. The number of carbonyl (C=O) groups excluding carboxylic acids is 1. The van der Waals surface area contributed by atoms with Gasteiger partial charge in [-0.25, -0.2) is 15.0 Å². The summed E-state index contributed by atoms with van der Waals surface area (Å²) in [6.07, 6.45) is 1.21. The zero-order valence-corrected chi connectivity index (χ0v) is 12.1. The molecule has 2 rings (SSSR count). The van der Waals surface area contributed by atoms with Gasteiger partial charge < -0.3 is 11.1 Å². The molecular formula is C10H9Cl2N5OS. The fraction of sp³-hybridized carbons (Fsp3) is 0.200. The van der Waals surface area contributed by atoms with Crippen molar-refractivity contribution in [3.05, 3.63) is 32.7 Å². The Kier molecular flexibility index (Phi) is 4.31. The molecule has 9 heteroatoms. The molecule has 0 aromatic carbocycles. The lowest BCUT2D eigenvalue weighted by Gasteiger charge is -2.05. The van der Waals surface area contributed by atoms with Crippen molar-refractivity contribution in [2.24, 2.45) is 5.73 Å². The van der Waals surface area contributed by atoms with E-state index >= 15 is 0 Å². The SMILES string of the molecule is CC(N)c1nc(C(=O)Nc2c(Cl)ncnc2Cl)cs1. The predicted molar refractivity (Wildman–Crippen MR) is 74.7 cm³/mol. The van der Waals surface area contributed by atoms with Crippen LogP contribution in [0.1, 0.15) is 28.5 Å². The molecule has 2 heterocycles. The minimum atomic E-state index is -0.443. The number of halogens is 2. The normalized spacial score (nSPS) is 12.2. The maximum Gasteiger partial charge on any atom is 0.275 e. The Morgan fingerprint density at radius 3 is 2.58 bits per heavy atom. The van der Waals surface area contributed by atoms with E-state index in [4.69, 9.17) is 28.9 Å². The number of thiazole rings is 1. The highest BCUT2D eigenvalue weighted by Crippen LogP contribution is 2.26. The number of aromatic nitrogens is 3. The van der Waals surface area contributed by atoms with Gasteiger partial charge in [0.2, 0.25) is 0 Å². The number of amides is 1. The van der Waals surface area contributed by atoms with Crippen molar-refractivity contribution in [3.8, 4) is 0 Å². The maximum absolute atomic E-state index is 12.0. The third kappa shape index (κ3) is 3.19. The van der Waals surface area contributed by atoms with Gasteiger partial charge in [0.25, 0.3) is 5.91 Å². The van der Waals surface area contributed by atoms with Gasteiger partial charge in [0, 0.05) is 5.38 Å². The molecule has 0 spiro atoms. The van der Waals surface area contributed by atoms with Gasteiger partial charge in [-0.3, -0.25) is 4.79 Å². The van der Waals surface area contributed by atoms with Crippen LogP contribution in [0.5, 0.6) is 0 Å². The lowest BCUT2D eigenvalue weighted by atomic mass is 10.4. The van der Waals surface area contributed by atoms with Crippen LogP contribution >= 0.6 is 34.5 Å². The molecule has 0 saturated carbocycles. The van der Waals surface area contributed by atoms with Crippen molar-refractivity contribution in [2.75, 3.05) is 5.32 Å².